The molecule has 0 saturated heterocycles. The minimum atomic E-state index is -0.284. The van der Waals surface area contributed by atoms with E-state index in [0.29, 0.717) is 34.3 Å². The predicted octanol–water partition coefficient (Wildman–Crippen LogP) is 4.12. The molecule has 126 valence electrons. The minimum absolute atomic E-state index is 0.284. The highest BCUT2D eigenvalue weighted by atomic mass is 127. The maximum atomic E-state index is 12.0. The molecule has 0 saturated carbocycles. The maximum absolute atomic E-state index is 12.0. The first-order chi connectivity index (χ1) is 11.5. The molecule has 0 radical (unpaired) electrons. The van der Waals surface area contributed by atoms with Crippen LogP contribution in [-0.2, 0) is 0 Å². The molecule has 5 nitrogen and oxygen atoms in total. The Morgan fingerprint density at radius 1 is 1.38 bits per heavy atom. The summed E-state index contributed by atoms with van der Waals surface area (Å²) >= 11 is 8.34. The number of hydrogen-bond donors (Lipinski definition) is 1. The highest BCUT2D eigenvalue weighted by Crippen LogP contribution is 2.35. The molecule has 24 heavy (non-hydrogen) atoms. The number of hydrazone groups is 1. The van der Waals surface area contributed by atoms with Crippen molar-refractivity contribution < 1.29 is 14.3 Å². The number of nitrogens with one attached hydrogen (secondary N) is 1. The van der Waals surface area contributed by atoms with Crippen LogP contribution in [0.3, 0.4) is 0 Å². The van der Waals surface area contributed by atoms with E-state index in [9.17, 15) is 4.79 Å². The first-order valence-corrected chi connectivity index (χ1v) is 8.60. The van der Waals surface area contributed by atoms with E-state index >= 15 is 0 Å². The van der Waals surface area contributed by atoms with Gasteiger partial charge >= 0.3 is 0 Å². The van der Waals surface area contributed by atoms with Gasteiger partial charge in [-0.05, 0) is 65.4 Å². The first kappa shape index (κ1) is 18.5. The number of carbonyl (C=O) groups is 1. The Labute approximate surface area is 159 Å². The molecular formula is C17H16ClIN2O3. The quantitative estimate of drug-likeness (QED) is 0.402. The summed E-state index contributed by atoms with van der Waals surface area (Å²) in [5.41, 5.74) is 3.71. The summed E-state index contributed by atoms with van der Waals surface area (Å²) in [5, 5.41) is 4.38. The van der Waals surface area contributed by atoms with Crippen molar-refractivity contribution >= 4 is 46.3 Å². The third-order valence-electron chi connectivity index (χ3n) is 3.01. The van der Waals surface area contributed by atoms with Crippen LogP contribution in [0.4, 0.5) is 0 Å². The Kier molecular flexibility index (Phi) is 6.86. The predicted molar refractivity (Wildman–Crippen MR) is 103 cm³/mol. The van der Waals surface area contributed by atoms with Gasteiger partial charge in [0.1, 0.15) is 0 Å². The van der Waals surface area contributed by atoms with E-state index in [1.807, 2.05) is 19.1 Å². The van der Waals surface area contributed by atoms with Gasteiger partial charge in [0, 0.05) is 9.13 Å². The third kappa shape index (κ3) is 4.85. The second kappa shape index (κ2) is 8.89. The summed E-state index contributed by atoms with van der Waals surface area (Å²) in [6, 6.07) is 10.7. The van der Waals surface area contributed by atoms with Gasteiger partial charge in [0.05, 0.1) is 25.0 Å². The lowest BCUT2D eigenvalue weighted by Crippen LogP contribution is -2.17. The molecule has 0 aliphatic heterocycles. The molecule has 0 heterocycles. The lowest BCUT2D eigenvalue weighted by atomic mass is 10.2. The second-order valence-corrected chi connectivity index (χ2v) is 6.33. The molecule has 0 unspecified atom stereocenters. The number of carbonyl (C=O) groups excluding carboxylic acids is 1. The fraction of sp³-hybridized carbons (Fsp3) is 0.176. The number of methoxy groups -OCH3 is 1. The summed E-state index contributed by atoms with van der Waals surface area (Å²) in [4.78, 5) is 12.0. The second-order valence-electron chi connectivity index (χ2n) is 4.68. The average Bonchev–Trinajstić information content (AvgIpc) is 2.57. The monoisotopic (exact) mass is 458 g/mol. The van der Waals surface area contributed by atoms with Crippen LogP contribution in [0.15, 0.2) is 41.5 Å². The summed E-state index contributed by atoms with van der Waals surface area (Å²) in [6.07, 6.45) is 1.50. The molecule has 0 aromatic heterocycles. The van der Waals surface area contributed by atoms with Gasteiger partial charge in [0.2, 0.25) is 0 Å². The van der Waals surface area contributed by atoms with Crippen LogP contribution in [0.2, 0.25) is 5.02 Å². The van der Waals surface area contributed by atoms with Crippen LogP contribution in [0, 0.1) is 3.57 Å². The lowest BCUT2D eigenvalue weighted by molar-refractivity contribution is 0.0955. The Bertz CT molecular complexity index is 765. The number of benzene rings is 2. The van der Waals surface area contributed by atoms with Gasteiger partial charge in [-0.15, -0.1) is 0 Å². The molecule has 0 aliphatic carbocycles. The van der Waals surface area contributed by atoms with Crippen LogP contribution in [-0.4, -0.2) is 25.8 Å². The molecule has 2 rings (SSSR count). The number of ether oxygens (including phenoxy) is 2. The SMILES string of the molecule is CCOc1c(Cl)cc(/C=N/NC(=O)c2cccc(I)c2)cc1OC. The topological polar surface area (TPSA) is 59.9 Å². The first-order valence-electron chi connectivity index (χ1n) is 7.14. The zero-order valence-corrected chi connectivity index (χ0v) is 16.1. The van der Waals surface area contributed by atoms with Crippen molar-refractivity contribution in [2.45, 2.75) is 6.92 Å². The van der Waals surface area contributed by atoms with E-state index in [-0.39, 0.29) is 5.91 Å². The largest absolute Gasteiger partial charge is 0.493 e. The normalized spacial score (nSPS) is 10.7. The molecule has 0 spiro atoms. The standard InChI is InChI=1S/C17H16ClIN2O3/c1-3-24-16-14(18)7-11(8-15(16)23-2)10-20-21-17(22)12-5-4-6-13(19)9-12/h4-10H,3H2,1-2H3,(H,21,22)/b20-10+. The van der Waals surface area contributed by atoms with Crippen molar-refractivity contribution in [1.29, 1.82) is 0 Å². The molecule has 0 fully saturated rings. The summed E-state index contributed by atoms with van der Waals surface area (Å²) < 4.78 is 11.7. The maximum Gasteiger partial charge on any atom is 0.271 e. The van der Waals surface area contributed by atoms with E-state index in [4.69, 9.17) is 21.1 Å². The van der Waals surface area contributed by atoms with E-state index in [2.05, 4.69) is 33.1 Å². The fourth-order valence-electron chi connectivity index (χ4n) is 1.96. The Morgan fingerprint density at radius 3 is 2.83 bits per heavy atom. The van der Waals surface area contributed by atoms with E-state index in [1.165, 1.54) is 13.3 Å². The van der Waals surface area contributed by atoms with Crippen molar-refractivity contribution in [2.75, 3.05) is 13.7 Å². The lowest BCUT2D eigenvalue weighted by Gasteiger charge is -2.11. The van der Waals surface area contributed by atoms with Gasteiger partial charge in [0.15, 0.2) is 11.5 Å². The molecule has 2 aromatic rings. The van der Waals surface area contributed by atoms with Gasteiger partial charge in [-0.25, -0.2) is 5.43 Å². The molecule has 0 atom stereocenters. The zero-order chi connectivity index (χ0) is 17.5. The molecular weight excluding hydrogens is 443 g/mol. The van der Waals surface area contributed by atoms with Crippen LogP contribution < -0.4 is 14.9 Å². The Hall–Kier alpha value is -1.80. The molecule has 7 heteroatoms. The van der Waals surface area contributed by atoms with Gasteiger partial charge in [0.25, 0.3) is 5.91 Å². The summed E-state index contributed by atoms with van der Waals surface area (Å²) in [7, 11) is 1.54. The molecule has 0 aliphatic rings. The van der Waals surface area contributed by atoms with Crippen molar-refractivity contribution in [3.8, 4) is 11.5 Å². The van der Waals surface area contributed by atoms with Crippen LogP contribution in [0.1, 0.15) is 22.8 Å². The summed E-state index contributed by atoms with van der Waals surface area (Å²) in [6.45, 7) is 2.35. The van der Waals surface area contributed by atoms with E-state index in [0.717, 1.165) is 3.57 Å². The molecule has 2 aromatic carbocycles. The third-order valence-corrected chi connectivity index (χ3v) is 3.96. The number of hydrogen-bond acceptors (Lipinski definition) is 4. The molecule has 1 amide bonds. The highest BCUT2D eigenvalue weighted by molar-refractivity contribution is 14.1. The Balaban J connectivity index is 2.11. The number of nitrogens with zero attached hydrogens (tertiary/aromatic N) is 1. The van der Waals surface area contributed by atoms with Crippen molar-refractivity contribution in [2.24, 2.45) is 5.10 Å². The van der Waals surface area contributed by atoms with Gasteiger partial charge in [-0.2, -0.15) is 5.10 Å². The van der Waals surface area contributed by atoms with Crippen LogP contribution >= 0.6 is 34.2 Å². The van der Waals surface area contributed by atoms with Gasteiger partial charge in [-0.3, -0.25) is 4.79 Å². The van der Waals surface area contributed by atoms with Crippen molar-refractivity contribution in [3.05, 3.63) is 56.1 Å². The summed E-state index contributed by atoms with van der Waals surface area (Å²) in [5.74, 6) is 0.713. The molecule has 1 N–H and O–H groups in total. The number of rotatable bonds is 6. The zero-order valence-electron chi connectivity index (χ0n) is 13.2. The van der Waals surface area contributed by atoms with Crippen molar-refractivity contribution in [1.82, 2.24) is 5.43 Å². The highest BCUT2D eigenvalue weighted by Gasteiger charge is 2.11. The average molecular weight is 459 g/mol. The molecule has 0 bridgehead atoms. The van der Waals surface area contributed by atoms with Gasteiger partial charge in [-0.1, -0.05) is 17.7 Å². The Morgan fingerprint density at radius 2 is 2.17 bits per heavy atom. The fourth-order valence-corrected chi connectivity index (χ4v) is 2.78. The van der Waals surface area contributed by atoms with Crippen molar-refractivity contribution in [3.63, 3.8) is 0 Å². The number of amides is 1. The number of halogens is 2. The van der Waals surface area contributed by atoms with E-state index < -0.39 is 0 Å². The van der Waals surface area contributed by atoms with Crippen LogP contribution in [0.25, 0.3) is 0 Å². The smallest absolute Gasteiger partial charge is 0.271 e. The van der Waals surface area contributed by atoms with E-state index in [1.54, 1.807) is 24.3 Å². The minimum Gasteiger partial charge on any atom is -0.493 e. The van der Waals surface area contributed by atoms with Crippen LogP contribution in [0.5, 0.6) is 11.5 Å². The van der Waals surface area contributed by atoms with Gasteiger partial charge < -0.3 is 9.47 Å².